The molecule has 1 amide bonds. The minimum Gasteiger partial charge on any atom is -0.399 e. The van der Waals surface area contributed by atoms with E-state index in [2.05, 4.69) is 0 Å². The third-order valence-corrected chi connectivity index (χ3v) is 4.75. The Kier molecular flexibility index (Phi) is 3.52. The van der Waals surface area contributed by atoms with Gasteiger partial charge in [0.05, 0.1) is 17.0 Å². The molecule has 3 nitrogen and oxygen atoms in total. The Bertz CT molecular complexity index is 480. The molecule has 5 heteroatoms. The number of anilines is 2. The van der Waals surface area contributed by atoms with Gasteiger partial charge >= 0.3 is 0 Å². The lowest BCUT2D eigenvalue weighted by Crippen LogP contribution is -2.48. The van der Waals surface area contributed by atoms with Gasteiger partial charge in [0, 0.05) is 10.6 Å². The predicted molar refractivity (Wildman–Crippen MR) is 73.7 cm³/mol. The number of benzene rings is 1. The number of amides is 1. The molecule has 0 radical (unpaired) electrons. The van der Waals surface area contributed by atoms with Gasteiger partial charge in [-0.2, -0.15) is 0 Å². The molecule has 0 spiro atoms. The Morgan fingerprint density at radius 1 is 1.50 bits per heavy atom. The molecule has 1 aromatic rings. The molecule has 98 valence electrons. The zero-order valence-electron chi connectivity index (χ0n) is 10.6. The van der Waals surface area contributed by atoms with E-state index < -0.39 is 11.4 Å². The maximum atomic E-state index is 12.7. The van der Waals surface area contributed by atoms with E-state index in [0.29, 0.717) is 12.1 Å². The van der Waals surface area contributed by atoms with Crippen molar-refractivity contribution >= 4 is 29.0 Å². The van der Waals surface area contributed by atoms with Crippen molar-refractivity contribution in [1.82, 2.24) is 0 Å². The maximum absolute atomic E-state index is 12.7. The molecular weight excluding hydrogens is 251 g/mol. The van der Waals surface area contributed by atoms with Crippen molar-refractivity contribution in [3.05, 3.63) is 18.2 Å². The second-order valence-corrected chi connectivity index (χ2v) is 6.10. The monoisotopic (exact) mass is 268 g/mol. The number of hydrogen-bond donors (Lipinski definition) is 1. The highest BCUT2D eigenvalue weighted by Crippen LogP contribution is 2.47. The lowest BCUT2D eigenvalue weighted by molar-refractivity contribution is -0.120. The normalized spacial score (nSPS) is 23.1. The third kappa shape index (κ3) is 2.07. The molecule has 1 aliphatic heterocycles. The number of nitrogens with two attached hydrogens (primary N) is 1. The van der Waals surface area contributed by atoms with E-state index in [-0.39, 0.29) is 12.5 Å². The fraction of sp³-hybridized carbons (Fsp3) is 0.462. The minimum absolute atomic E-state index is 0.0232. The molecule has 1 unspecified atom stereocenters. The maximum Gasteiger partial charge on any atom is 0.243 e. The number of nitrogens with zero attached hydrogens (tertiary/aromatic N) is 1. The lowest BCUT2D eigenvalue weighted by atomic mass is 10.1. The molecule has 0 aromatic heterocycles. The average Bonchev–Trinajstić information content (AvgIpc) is 2.35. The van der Waals surface area contributed by atoms with Crippen molar-refractivity contribution in [2.45, 2.75) is 29.9 Å². The first-order valence-electron chi connectivity index (χ1n) is 5.98. The quantitative estimate of drug-likeness (QED) is 0.857. The van der Waals surface area contributed by atoms with Crippen molar-refractivity contribution in [1.29, 1.82) is 0 Å². The van der Waals surface area contributed by atoms with Crippen LogP contribution in [-0.4, -0.2) is 23.9 Å². The number of carbonyl (C=O) groups excluding carboxylic acids is 1. The van der Waals surface area contributed by atoms with Gasteiger partial charge in [-0.05, 0) is 31.5 Å². The van der Waals surface area contributed by atoms with Crippen LogP contribution < -0.4 is 10.6 Å². The summed E-state index contributed by atoms with van der Waals surface area (Å²) in [7, 11) is 0. The molecule has 1 aliphatic rings. The van der Waals surface area contributed by atoms with E-state index in [0.717, 1.165) is 10.6 Å². The van der Waals surface area contributed by atoms with E-state index in [1.807, 2.05) is 19.9 Å². The molecule has 1 atom stereocenters. The van der Waals surface area contributed by atoms with Crippen LogP contribution in [0.15, 0.2) is 23.1 Å². The number of halogens is 1. The number of hydrogen-bond acceptors (Lipinski definition) is 3. The highest BCUT2D eigenvalue weighted by atomic mass is 32.2. The number of nitrogen functional groups attached to an aromatic ring is 1. The molecule has 0 bridgehead atoms. The van der Waals surface area contributed by atoms with Crippen LogP contribution in [-0.2, 0) is 4.79 Å². The number of rotatable bonds is 3. The molecule has 18 heavy (non-hydrogen) atoms. The summed E-state index contributed by atoms with van der Waals surface area (Å²) in [6.45, 7) is 3.43. The van der Waals surface area contributed by atoms with Crippen LogP contribution in [0.2, 0.25) is 0 Å². The molecule has 1 heterocycles. The first-order valence-corrected chi connectivity index (χ1v) is 6.80. The molecule has 1 aromatic carbocycles. The van der Waals surface area contributed by atoms with Crippen LogP contribution in [0.25, 0.3) is 0 Å². The van der Waals surface area contributed by atoms with Gasteiger partial charge in [0.25, 0.3) is 0 Å². The molecule has 0 saturated carbocycles. The molecule has 2 rings (SSSR count). The van der Waals surface area contributed by atoms with Crippen LogP contribution in [0.3, 0.4) is 0 Å². The summed E-state index contributed by atoms with van der Waals surface area (Å²) in [6, 6.07) is 5.39. The zero-order valence-corrected chi connectivity index (χ0v) is 11.4. The van der Waals surface area contributed by atoms with Gasteiger partial charge in [-0.15, -0.1) is 11.8 Å². The third-order valence-electron chi connectivity index (χ3n) is 3.29. The van der Waals surface area contributed by atoms with Crippen LogP contribution in [0.1, 0.15) is 20.3 Å². The van der Waals surface area contributed by atoms with Crippen molar-refractivity contribution < 1.29 is 9.18 Å². The predicted octanol–water partition coefficient (Wildman–Crippen LogP) is 2.85. The molecular formula is C13H17FN2OS. The number of carbonyl (C=O) groups is 1. The smallest absolute Gasteiger partial charge is 0.243 e. The fourth-order valence-corrected chi connectivity index (χ4v) is 3.35. The van der Waals surface area contributed by atoms with Crippen molar-refractivity contribution in [2.24, 2.45) is 0 Å². The molecule has 2 N–H and O–H groups in total. The van der Waals surface area contributed by atoms with Crippen LogP contribution in [0, 0.1) is 0 Å². The summed E-state index contributed by atoms with van der Waals surface area (Å²) >= 11 is 1.52. The van der Waals surface area contributed by atoms with Gasteiger partial charge < -0.3 is 10.6 Å². The summed E-state index contributed by atoms with van der Waals surface area (Å²) < 4.78 is 12.1. The van der Waals surface area contributed by atoms with Crippen LogP contribution in [0.5, 0.6) is 0 Å². The number of thioether (sulfide) groups is 1. The van der Waals surface area contributed by atoms with Gasteiger partial charge in [-0.1, -0.05) is 6.92 Å². The molecule has 0 saturated heterocycles. The van der Waals surface area contributed by atoms with E-state index in [1.165, 1.54) is 16.7 Å². The largest absolute Gasteiger partial charge is 0.399 e. The van der Waals surface area contributed by atoms with E-state index in [4.69, 9.17) is 5.73 Å². The second-order valence-electron chi connectivity index (χ2n) is 4.56. The Morgan fingerprint density at radius 2 is 2.22 bits per heavy atom. The fourth-order valence-electron chi connectivity index (χ4n) is 2.05. The number of fused-ring (bicyclic) bond motifs is 1. The Labute approximate surface area is 111 Å². The van der Waals surface area contributed by atoms with Gasteiger partial charge in [0.1, 0.15) is 6.67 Å². The summed E-state index contributed by atoms with van der Waals surface area (Å²) in [5.74, 6) is -0.0232. The number of alkyl halides is 1. The standard InChI is InChI=1S/C13H17FN2OS/c1-3-13(2)12(17)16(7-6-14)10-5-4-9(15)8-11(10)18-13/h4-5,8H,3,6-7,15H2,1-2H3. The summed E-state index contributed by atoms with van der Waals surface area (Å²) in [5, 5.41) is 0. The van der Waals surface area contributed by atoms with Gasteiger partial charge in [0.15, 0.2) is 0 Å². The van der Waals surface area contributed by atoms with E-state index in [9.17, 15) is 9.18 Å². The van der Waals surface area contributed by atoms with Crippen LogP contribution in [0.4, 0.5) is 15.8 Å². The Morgan fingerprint density at radius 3 is 2.83 bits per heavy atom. The van der Waals surface area contributed by atoms with Crippen molar-refractivity contribution in [3.8, 4) is 0 Å². The van der Waals surface area contributed by atoms with E-state index in [1.54, 1.807) is 12.1 Å². The summed E-state index contributed by atoms with van der Waals surface area (Å²) in [4.78, 5) is 14.9. The SMILES string of the molecule is CCC1(C)Sc2cc(N)ccc2N(CCF)C1=O. The highest BCUT2D eigenvalue weighted by Gasteiger charge is 2.41. The first-order chi connectivity index (χ1) is 8.51. The topological polar surface area (TPSA) is 46.3 Å². The minimum atomic E-state index is -0.542. The van der Waals surface area contributed by atoms with Crippen molar-refractivity contribution in [3.63, 3.8) is 0 Å². The summed E-state index contributed by atoms with van der Waals surface area (Å²) in [6.07, 6.45) is 0.702. The van der Waals surface area contributed by atoms with Crippen LogP contribution >= 0.6 is 11.8 Å². The summed E-state index contributed by atoms with van der Waals surface area (Å²) in [5.41, 5.74) is 7.20. The lowest BCUT2D eigenvalue weighted by Gasteiger charge is -2.39. The van der Waals surface area contributed by atoms with Crippen molar-refractivity contribution in [2.75, 3.05) is 23.9 Å². The van der Waals surface area contributed by atoms with Gasteiger partial charge in [0.2, 0.25) is 5.91 Å². The van der Waals surface area contributed by atoms with Gasteiger partial charge in [-0.3, -0.25) is 4.79 Å². The second kappa shape index (κ2) is 4.80. The first kappa shape index (κ1) is 13.2. The molecule has 0 aliphatic carbocycles. The Hall–Kier alpha value is -1.23. The van der Waals surface area contributed by atoms with E-state index >= 15 is 0 Å². The Balaban J connectivity index is 2.50. The van der Waals surface area contributed by atoms with Gasteiger partial charge in [-0.25, -0.2) is 4.39 Å². The average molecular weight is 268 g/mol. The molecule has 0 fully saturated rings. The zero-order chi connectivity index (χ0) is 13.3. The highest BCUT2D eigenvalue weighted by molar-refractivity contribution is 8.01.